The van der Waals surface area contributed by atoms with Crippen LogP contribution in [0, 0.1) is 35.5 Å². The quantitative estimate of drug-likeness (QED) is 0.0135. The van der Waals surface area contributed by atoms with Crippen LogP contribution in [0.1, 0.15) is 128 Å². The van der Waals surface area contributed by atoms with Crippen molar-refractivity contribution in [3.63, 3.8) is 0 Å². The molecule has 21 heteroatoms. The van der Waals surface area contributed by atoms with Crippen molar-refractivity contribution >= 4 is 48.5 Å². The Morgan fingerprint density at radius 3 is 1.50 bits per heavy atom. The van der Waals surface area contributed by atoms with Crippen LogP contribution in [-0.4, -0.2) is 113 Å². The van der Waals surface area contributed by atoms with E-state index in [4.69, 9.17) is 24.9 Å². The van der Waals surface area contributed by atoms with Gasteiger partial charge in [-0.15, -0.1) is 0 Å². The molecule has 8 aromatic rings. The Morgan fingerprint density at radius 1 is 0.500 bits per heavy atom. The first kappa shape index (κ1) is 65.0. The van der Waals surface area contributed by atoms with E-state index in [0.717, 1.165) is 44.5 Å². The molecule has 0 fully saturated rings. The van der Waals surface area contributed by atoms with Crippen LogP contribution in [0.15, 0.2) is 140 Å². The Labute approximate surface area is 539 Å². The third-order valence-corrected chi connectivity index (χ3v) is 16.3. The summed E-state index contributed by atoms with van der Waals surface area (Å²) in [6.45, 7) is 2.16. The predicted octanol–water partition coefficient (Wildman–Crippen LogP) is 8.87. The van der Waals surface area contributed by atoms with Crippen molar-refractivity contribution in [3.05, 3.63) is 224 Å². The Bertz CT molecular complexity index is 4570. The zero-order chi connectivity index (χ0) is 66.7. The molecule has 0 bridgehead atoms. The molecule has 5 aromatic carbocycles. The maximum Gasteiger partial charge on any atom is 0.354 e. The van der Waals surface area contributed by atoms with Gasteiger partial charge in [-0.1, -0.05) is 110 Å². The van der Waals surface area contributed by atoms with Gasteiger partial charge in [-0.3, -0.25) is 38.8 Å². The minimum absolute atomic E-state index is 0.0896. The lowest BCUT2D eigenvalue weighted by Crippen LogP contribution is -2.30. The number of carboxylic acid groups (broad SMARTS) is 5. The largest absolute Gasteiger partial charge is 0.481 e. The molecule has 0 radical (unpaired) electrons. The summed E-state index contributed by atoms with van der Waals surface area (Å²) in [5.41, 5.74) is 15.0. The van der Waals surface area contributed by atoms with Crippen LogP contribution in [0.5, 0.6) is 11.6 Å². The Kier molecular flexibility index (Phi) is 19.7. The SMILES string of the molecule is CCC1(CC(=O)O)c2ccccc2-c2ccc(C#Cc3cc(CN(CC(=O)O)Cc4cc(C#Cc5ccc(N)cc5OCC(=O)O)cc(CN(COC=O)Cc5cc(C#Cc6ccc7c(c6)C(CC)(CC(=O)O)c6ccccc6-7)cc(C(=O)O)n5)n4)nc(OC=O)c3)cc21. The lowest BCUT2D eigenvalue weighted by molar-refractivity contribution is -0.140. The number of fused-ring (bicyclic) bond motifs is 6. The zero-order valence-corrected chi connectivity index (χ0v) is 50.8. The molecule has 0 amide bonds. The van der Waals surface area contributed by atoms with E-state index in [1.807, 2.05) is 98.8 Å². The smallest absolute Gasteiger partial charge is 0.354 e. The molecule has 0 saturated heterocycles. The van der Waals surface area contributed by atoms with E-state index < -0.39 is 53.8 Å². The normalized spacial score (nSPS) is 14.5. The van der Waals surface area contributed by atoms with Gasteiger partial charge < -0.3 is 45.5 Å². The van der Waals surface area contributed by atoms with Gasteiger partial charge in [0.1, 0.15) is 18.2 Å². The van der Waals surface area contributed by atoms with Gasteiger partial charge in [0.25, 0.3) is 12.9 Å². The van der Waals surface area contributed by atoms with Crippen molar-refractivity contribution in [2.45, 2.75) is 76.5 Å². The van der Waals surface area contributed by atoms with Gasteiger partial charge >= 0.3 is 29.8 Å². The number of anilines is 1. The summed E-state index contributed by atoms with van der Waals surface area (Å²) in [4.78, 5) is 102. The second-order valence-electron chi connectivity index (χ2n) is 22.5. The molecule has 2 aliphatic carbocycles. The number of benzene rings is 5. The number of aromatic carboxylic acids is 1. The molecular formula is C73H60N6O15. The topological polar surface area (TPSA) is 319 Å². The third kappa shape index (κ3) is 14.8. The summed E-state index contributed by atoms with van der Waals surface area (Å²) >= 11 is 0. The molecule has 0 saturated carbocycles. The van der Waals surface area contributed by atoms with Gasteiger partial charge in [0, 0.05) is 82.6 Å². The third-order valence-electron chi connectivity index (χ3n) is 16.3. The Morgan fingerprint density at radius 2 is 0.989 bits per heavy atom. The number of rotatable bonds is 25. The van der Waals surface area contributed by atoms with Crippen molar-refractivity contribution in [2.24, 2.45) is 0 Å². The molecule has 0 spiro atoms. The van der Waals surface area contributed by atoms with Gasteiger partial charge in [0.2, 0.25) is 5.88 Å². The van der Waals surface area contributed by atoms with Crippen LogP contribution in [0.4, 0.5) is 5.69 Å². The number of carbonyl (C=O) groups is 7. The number of nitrogen functional groups attached to an aromatic ring is 1. The minimum Gasteiger partial charge on any atom is -0.481 e. The maximum atomic E-state index is 12.7. The number of aliphatic carboxylic acids is 4. The number of carbonyl (C=O) groups excluding carboxylic acids is 2. The van der Waals surface area contributed by atoms with E-state index in [1.54, 1.807) is 41.3 Å². The summed E-state index contributed by atoms with van der Waals surface area (Å²) in [5.74, 6) is 12.9. The monoisotopic (exact) mass is 1260 g/mol. The molecule has 94 heavy (non-hydrogen) atoms. The van der Waals surface area contributed by atoms with E-state index >= 15 is 0 Å². The van der Waals surface area contributed by atoms with Crippen LogP contribution in [0.25, 0.3) is 22.3 Å². The number of pyridine rings is 3. The van der Waals surface area contributed by atoms with Crippen LogP contribution in [0.3, 0.4) is 0 Å². The van der Waals surface area contributed by atoms with Crippen LogP contribution < -0.4 is 15.2 Å². The molecule has 2 atom stereocenters. The number of carboxylic acids is 5. The fourth-order valence-electron chi connectivity index (χ4n) is 12.4. The van der Waals surface area contributed by atoms with Crippen molar-refractivity contribution in [3.8, 4) is 69.4 Å². The molecule has 2 unspecified atom stereocenters. The van der Waals surface area contributed by atoms with Gasteiger partial charge in [-0.25, -0.2) is 19.6 Å². The molecule has 2 aliphatic rings. The average Bonchev–Trinajstić information content (AvgIpc) is 1.58. The van der Waals surface area contributed by atoms with Crippen LogP contribution >= 0.6 is 0 Å². The fourth-order valence-corrected chi connectivity index (χ4v) is 12.4. The van der Waals surface area contributed by atoms with Gasteiger partial charge in [-0.2, -0.15) is 0 Å². The number of ether oxygens (including phenoxy) is 3. The highest BCUT2D eigenvalue weighted by Crippen LogP contribution is 2.54. The number of aromatic nitrogens is 3. The van der Waals surface area contributed by atoms with E-state index in [1.165, 1.54) is 23.1 Å². The highest BCUT2D eigenvalue weighted by Gasteiger charge is 2.45. The second-order valence-corrected chi connectivity index (χ2v) is 22.5. The number of hydrogen-bond donors (Lipinski definition) is 6. The second kappa shape index (κ2) is 28.5. The van der Waals surface area contributed by atoms with E-state index in [2.05, 4.69) is 45.5 Å². The Balaban J connectivity index is 0.975. The van der Waals surface area contributed by atoms with Crippen molar-refractivity contribution < 1.29 is 73.3 Å². The molecule has 3 heterocycles. The predicted molar refractivity (Wildman–Crippen MR) is 342 cm³/mol. The standard InChI is InChI=1S/C73H60N6O15/c1-3-72(34-67(82)83)60-11-7-5-9-56(60)58-23-18-45(29-62(58)72)13-15-48-27-54(76-64(31-48)71(90)91)39-79(42-92-43-80)38-53-26-47(17-20-50-21-22-51(74)33-65(50)93-41-70(88)89)25-52(75-53)36-78(40-69(86)87)37-55-28-49(32-66(77-55)94-44-81)16-14-46-19-24-59-57-10-6-8-12-61(57)73(4-2,35-68(84)85)63(59)30-46/h5-12,18-19,21-33,43-44H,3-4,34-42,74H2,1-2H3,(H,82,83)(H,84,85)(H,86,87)(H,88,89)(H,90,91). The fraction of sp³-hybridized carbons (Fsp3) is 0.205. The lowest BCUT2D eigenvalue weighted by atomic mass is 9.73. The number of nitrogens with two attached hydrogens (primary N) is 1. The minimum atomic E-state index is -1.35. The van der Waals surface area contributed by atoms with Crippen LogP contribution in [0.2, 0.25) is 0 Å². The molecule has 21 nitrogen and oxygen atoms in total. The molecule has 3 aromatic heterocycles. The lowest BCUT2D eigenvalue weighted by Gasteiger charge is -2.29. The van der Waals surface area contributed by atoms with Crippen LogP contribution in [-0.2, 0) is 70.5 Å². The molecule has 0 aliphatic heterocycles. The number of nitrogens with zero attached hydrogens (tertiary/aromatic N) is 5. The van der Waals surface area contributed by atoms with Crippen molar-refractivity contribution in [1.29, 1.82) is 0 Å². The summed E-state index contributed by atoms with van der Waals surface area (Å²) in [7, 11) is 0. The molecule has 472 valence electrons. The average molecular weight is 1260 g/mol. The first-order valence-corrected chi connectivity index (χ1v) is 29.6. The number of hydrogen-bond acceptors (Lipinski definition) is 16. The maximum absolute atomic E-state index is 12.7. The van der Waals surface area contributed by atoms with E-state index in [9.17, 15) is 59.1 Å². The summed E-state index contributed by atoms with van der Waals surface area (Å²) < 4.78 is 16.0. The zero-order valence-electron chi connectivity index (χ0n) is 50.8. The van der Waals surface area contributed by atoms with Crippen molar-refractivity contribution in [1.82, 2.24) is 24.8 Å². The van der Waals surface area contributed by atoms with Gasteiger partial charge in [-0.05, 0) is 124 Å². The van der Waals surface area contributed by atoms with Gasteiger partial charge in [0.15, 0.2) is 6.61 Å². The highest BCUT2D eigenvalue weighted by atomic mass is 16.5. The van der Waals surface area contributed by atoms with Gasteiger partial charge in [0.05, 0.1) is 47.7 Å². The van der Waals surface area contributed by atoms with Crippen molar-refractivity contribution in [2.75, 3.05) is 25.6 Å². The summed E-state index contributed by atoms with van der Waals surface area (Å²) in [6, 6.07) is 40.4. The summed E-state index contributed by atoms with van der Waals surface area (Å²) in [6.07, 6.45) is 0.758. The molecule has 10 rings (SSSR count). The first-order valence-electron chi connectivity index (χ1n) is 29.6. The highest BCUT2D eigenvalue weighted by molar-refractivity contribution is 5.87. The van der Waals surface area contributed by atoms with E-state index in [0.29, 0.717) is 40.8 Å². The molecule has 7 N–H and O–H groups in total. The first-order chi connectivity index (χ1) is 45.3. The Hall–Kier alpha value is -12.0. The van der Waals surface area contributed by atoms with E-state index in [-0.39, 0.29) is 110 Å². The molecular weight excluding hydrogens is 1200 g/mol. The summed E-state index contributed by atoms with van der Waals surface area (Å²) in [5, 5.41) is 50.2.